The molecule has 0 aliphatic rings. The average Bonchev–Trinajstić information content (AvgIpc) is 2.51. The molecule has 2 aromatic rings. The Balaban J connectivity index is 2.70. The minimum Gasteiger partial charge on any atom is -0.347 e. The molecule has 0 aliphatic heterocycles. The van der Waals surface area contributed by atoms with Crippen LogP contribution in [0.3, 0.4) is 0 Å². The highest BCUT2D eigenvalue weighted by atomic mass is 15.2. The second kappa shape index (κ2) is 2.69. The zero-order valence-corrected chi connectivity index (χ0v) is 7.87. The molecule has 2 aromatic heterocycles. The van der Waals surface area contributed by atoms with Crippen molar-refractivity contribution in [1.82, 2.24) is 20.2 Å². The number of aromatic amines is 1. The highest BCUT2D eigenvalue weighted by Crippen LogP contribution is 2.14. The third kappa shape index (κ3) is 1.22. The predicted molar refractivity (Wildman–Crippen MR) is 50.7 cm³/mol. The van der Waals surface area contributed by atoms with Gasteiger partial charge in [0.2, 0.25) is 5.95 Å². The fourth-order valence-electron chi connectivity index (χ4n) is 1.17. The molecule has 5 nitrogen and oxygen atoms in total. The monoisotopic (exact) mass is 177 g/mol. The number of aryl methyl sites for hydroxylation is 1. The molecule has 0 saturated heterocycles. The van der Waals surface area contributed by atoms with Gasteiger partial charge in [0.05, 0.1) is 11.9 Å². The highest BCUT2D eigenvalue weighted by molar-refractivity contribution is 5.76. The maximum atomic E-state index is 4.32. The Morgan fingerprint density at radius 2 is 2.08 bits per heavy atom. The van der Waals surface area contributed by atoms with E-state index >= 15 is 0 Å². The lowest BCUT2D eigenvalue weighted by Crippen LogP contribution is -2.13. The van der Waals surface area contributed by atoms with Crippen molar-refractivity contribution < 1.29 is 0 Å². The zero-order valence-electron chi connectivity index (χ0n) is 7.87. The summed E-state index contributed by atoms with van der Waals surface area (Å²) in [5, 5.41) is 6.78. The summed E-state index contributed by atoms with van der Waals surface area (Å²) in [5.41, 5.74) is 2.69. The Labute approximate surface area is 75.8 Å². The van der Waals surface area contributed by atoms with Gasteiger partial charge in [-0.1, -0.05) is 0 Å². The van der Waals surface area contributed by atoms with Crippen molar-refractivity contribution >= 4 is 17.0 Å². The van der Waals surface area contributed by atoms with E-state index in [0.29, 0.717) is 5.95 Å². The average molecular weight is 177 g/mol. The quantitative estimate of drug-likeness (QED) is 0.697. The molecule has 68 valence electrons. The van der Waals surface area contributed by atoms with Crippen molar-refractivity contribution in [2.75, 3.05) is 19.0 Å². The van der Waals surface area contributed by atoms with Gasteiger partial charge in [0.25, 0.3) is 0 Å². The highest BCUT2D eigenvalue weighted by Gasteiger charge is 2.06. The van der Waals surface area contributed by atoms with Crippen LogP contribution in [0.4, 0.5) is 5.95 Å². The summed E-state index contributed by atoms with van der Waals surface area (Å²) in [6, 6.07) is 0. The Bertz CT molecular complexity index is 431. The van der Waals surface area contributed by atoms with Crippen molar-refractivity contribution in [2.45, 2.75) is 6.92 Å². The first-order chi connectivity index (χ1) is 6.18. The molecule has 13 heavy (non-hydrogen) atoms. The molecule has 0 amide bonds. The number of anilines is 1. The largest absolute Gasteiger partial charge is 0.347 e. The summed E-state index contributed by atoms with van der Waals surface area (Å²) in [6.07, 6.45) is 1.71. The van der Waals surface area contributed by atoms with Gasteiger partial charge in [-0.2, -0.15) is 5.10 Å². The first kappa shape index (κ1) is 7.97. The smallest absolute Gasteiger partial charge is 0.225 e. The molecule has 0 fully saturated rings. The molecule has 5 heteroatoms. The third-order valence-corrected chi connectivity index (χ3v) is 1.87. The maximum Gasteiger partial charge on any atom is 0.225 e. The summed E-state index contributed by atoms with van der Waals surface area (Å²) < 4.78 is 0. The van der Waals surface area contributed by atoms with Crippen molar-refractivity contribution in [3.8, 4) is 0 Å². The molecular formula is C8H11N5. The minimum absolute atomic E-state index is 0.714. The first-order valence-corrected chi connectivity index (χ1v) is 4.03. The van der Waals surface area contributed by atoms with Crippen LogP contribution in [0.25, 0.3) is 11.0 Å². The van der Waals surface area contributed by atoms with Gasteiger partial charge in [0, 0.05) is 14.1 Å². The van der Waals surface area contributed by atoms with Crippen LogP contribution in [0.1, 0.15) is 5.69 Å². The van der Waals surface area contributed by atoms with E-state index in [2.05, 4.69) is 20.2 Å². The van der Waals surface area contributed by atoms with Gasteiger partial charge in [0.1, 0.15) is 11.0 Å². The first-order valence-electron chi connectivity index (χ1n) is 4.03. The SMILES string of the molecule is Cc1nc(N(C)C)nc2cn[nH]c12. The lowest BCUT2D eigenvalue weighted by molar-refractivity contribution is 0.995. The van der Waals surface area contributed by atoms with Gasteiger partial charge >= 0.3 is 0 Å². The minimum atomic E-state index is 0.714. The van der Waals surface area contributed by atoms with Crippen molar-refractivity contribution in [2.24, 2.45) is 0 Å². The predicted octanol–water partition coefficient (Wildman–Crippen LogP) is 0.727. The normalized spacial score (nSPS) is 10.7. The number of nitrogens with zero attached hydrogens (tertiary/aromatic N) is 4. The van der Waals surface area contributed by atoms with Crippen molar-refractivity contribution in [1.29, 1.82) is 0 Å². The Morgan fingerprint density at radius 3 is 2.77 bits per heavy atom. The van der Waals surface area contributed by atoms with Gasteiger partial charge in [-0.15, -0.1) is 0 Å². The van der Waals surface area contributed by atoms with Crippen LogP contribution in [0, 0.1) is 6.92 Å². The van der Waals surface area contributed by atoms with E-state index in [9.17, 15) is 0 Å². The van der Waals surface area contributed by atoms with E-state index < -0.39 is 0 Å². The number of aromatic nitrogens is 4. The van der Waals surface area contributed by atoms with E-state index in [-0.39, 0.29) is 0 Å². The van der Waals surface area contributed by atoms with Crippen LogP contribution >= 0.6 is 0 Å². The number of hydrogen-bond donors (Lipinski definition) is 1. The molecule has 0 spiro atoms. The van der Waals surface area contributed by atoms with E-state index in [0.717, 1.165) is 16.7 Å². The topological polar surface area (TPSA) is 57.7 Å². The van der Waals surface area contributed by atoms with Crippen LogP contribution < -0.4 is 4.90 Å². The Hall–Kier alpha value is -1.65. The maximum absolute atomic E-state index is 4.32. The summed E-state index contributed by atoms with van der Waals surface area (Å²) in [4.78, 5) is 10.5. The summed E-state index contributed by atoms with van der Waals surface area (Å²) >= 11 is 0. The van der Waals surface area contributed by atoms with Gasteiger partial charge in [-0.3, -0.25) is 5.10 Å². The van der Waals surface area contributed by atoms with Crippen LogP contribution in [-0.2, 0) is 0 Å². The molecular weight excluding hydrogens is 166 g/mol. The van der Waals surface area contributed by atoms with E-state index in [1.54, 1.807) is 6.20 Å². The summed E-state index contributed by atoms with van der Waals surface area (Å²) in [5.74, 6) is 0.714. The summed E-state index contributed by atoms with van der Waals surface area (Å²) in [7, 11) is 3.83. The zero-order chi connectivity index (χ0) is 9.42. The molecule has 0 radical (unpaired) electrons. The van der Waals surface area contributed by atoms with Crippen LogP contribution in [0.2, 0.25) is 0 Å². The number of nitrogens with one attached hydrogen (secondary N) is 1. The number of H-pyrrole nitrogens is 1. The molecule has 0 atom stereocenters. The third-order valence-electron chi connectivity index (χ3n) is 1.87. The number of hydrogen-bond acceptors (Lipinski definition) is 4. The molecule has 2 heterocycles. The molecule has 0 bridgehead atoms. The second-order valence-electron chi connectivity index (χ2n) is 3.13. The standard InChI is InChI=1S/C8H11N5/c1-5-7-6(4-9-12-7)11-8(10-5)13(2)3/h4H,1-3H3,(H,9,12). The van der Waals surface area contributed by atoms with E-state index in [1.165, 1.54) is 0 Å². The van der Waals surface area contributed by atoms with Crippen LogP contribution in [0.5, 0.6) is 0 Å². The van der Waals surface area contributed by atoms with Crippen molar-refractivity contribution in [3.63, 3.8) is 0 Å². The lowest BCUT2D eigenvalue weighted by atomic mass is 10.3. The number of fused-ring (bicyclic) bond motifs is 1. The fraction of sp³-hybridized carbons (Fsp3) is 0.375. The summed E-state index contributed by atoms with van der Waals surface area (Å²) in [6.45, 7) is 1.94. The number of rotatable bonds is 1. The molecule has 0 saturated carbocycles. The van der Waals surface area contributed by atoms with Gasteiger partial charge < -0.3 is 4.90 Å². The van der Waals surface area contributed by atoms with Gasteiger partial charge in [-0.05, 0) is 6.92 Å². The van der Waals surface area contributed by atoms with E-state index in [4.69, 9.17) is 0 Å². The van der Waals surface area contributed by atoms with E-state index in [1.807, 2.05) is 25.9 Å². The second-order valence-corrected chi connectivity index (χ2v) is 3.13. The lowest BCUT2D eigenvalue weighted by Gasteiger charge is -2.09. The Morgan fingerprint density at radius 1 is 1.31 bits per heavy atom. The molecule has 0 aromatic carbocycles. The molecule has 2 rings (SSSR count). The van der Waals surface area contributed by atoms with Crippen LogP contribution in [-0.4, -0.2) is 34.3 Å². The van der Waals surface area contributed by atoms with Gasteiger partial charge in [-0.25, -0.2) is 9.97 Å². The Kier molecular flexibility index (Phi) is 1.65. The van der Waals surface area contributed by atoms with Crippen LogP contribution in [0.15, 0.2) is 6.20 Å². The van der Waals surface area contributed by atoms with Crippen molar-refractivity contribution in [3.05, 3.63) is 11.9 Å². The van der Waals surface area contributed by atoms with Gasteiger partial charge in [0.15, 0.2) is 0 Å². The molecule has 1 N–H and O–H groups in total. The fourth-order valence-corrected chi connectivity index (χ4v) is 1.17. The molecule has 0 unspecified atom stereocenters. The molecule has 0 aliphatic carbocycles.